The second-order valence-electron chi connectivity index (χ2n) is 9.88. The smallest absolute Gasteiger partial charge is 0.251 e. The van der Waals surface area contributed by atoms with Gasteiger partial charge < -0.3 is 10.2 Å². The molecule has 1 aliphatic heterocycles. The number of tetrazole rings is 1. The number of amides is 2. The molecule has 1 aliphatic rings. The van der Waals surface area contributed by atoms with E-state index in [-0.39, 0.29) is 28.8 Å². The molecule has 3 aromatic carbocycles. The summed E-state index contributed by atoms with van der Waals surface area (Å²) in [6, 6.07) is 15.1. The number of halogens is 2. The minimum atomic E-state index is -0.812. The third-order valence-electron chi connectivity index (χ3n) is 7.18. The Bertz CT molecular complexity index is 1670. The zero-order chi connectivity index (χ0) is 29.8. The maximum Gasteiger partial charge on any atom is 0.251 e. The van der Waals surface area contributed by atoms with Crippen LogP contribution in [0, 0.1) is 5.82 Å². The molecule has 9 nitrogen and oxygen atoms in total. The Morgan fingerprint density at radius 1 is 1.12 bits per heavy atom. The molecular weight excluding hydrogens is 559 g/mol. The summed E-state index contributed by atoms with van der Waals surface area (Å²) < 4.78 is 16.3. The summed E-state index contributed by atoms with van der Waals surface area (Å²) in [6.45, 7) is 4.34. The fraction of sp³-hybridized carbons (Fsp3) is 0.226. The standard InChI is InChI=1S/C31H28ClFN6O3/c1-3-16-34-31(42)21-9-7-20(8-10-21)22-5-4-6-24-23(22)15-17-38(30(24)19(2)40)28(41)14-11-25-27(39-18-35-36-37-39)13-12-26(32)29(25)33/h4-14,18,30H,3,15-17H2,1-2H3,(H,34,42)/b14-11+. The van der Waals surface area contributed by atoms with Crippen molar-refractivity contribution in [2.75, 3.05) is 13.1 Å². The number of fused-ring (bicyclic) bond motifs is 1. The zero-order valence-corrected chi connectivity index (χ0v) is 23.8. The highest BCUT2D eigenvalue weighted by molar-refractivity contribution is 6.31. The van der Waals surface area contributed by atoms with Gasteiger partial charge in [0.2, 0.25) is 5.91 Å². The van der Waals surface area contributed by atoms with Crippen molar-refractivity contribution in [2.24, 2.45) is 0 Å². The summed E-state index contributed by atoms with van der Waals surface area (Å²) in [5.41, 5.74) is 4.46. The summed E-state index contributed by atoms with van der Waals surface area (Å²) >= 11 is 6.01. The number of aromatic nitrogens is 4. The van der Waals surface area contributed by atoms with Gasteiger partial charge in [-0.2, -0.15) is 4.68 Å². The monoisotopic (exact) mass is 586 g/mol. The van der Waals surface area contributed by atoms with Crippen molar-refractivity contribution >= 4 is 35.3 Å². The van der Waals surface area contributed by atoms with Crippen LogP contribution in [0.25, 0.3) is 22.9 Å². The number of hydrogen-bond acceptors (Lipinski definition) is 6. The molecule has 42 heavy (non-hydrogen) atoms. The van der Waals surface area contributed by atoms with Crippen molar-refractivity contribution in [3.05, 3.63) is 100 Å². The summed E-state index contributed by atoms with van der Waals surface area (Å²) in [5, 5.41) is 13.7. The van der Waals surface area contributed by atoms with Crippen molar-refractivity contribution < 1.29 is 18.8 Å². The molecule has 1 N–H and O–H groups in total. The predicted molar refractivity (Wildman–Crippen MR) is 156 cm³/mol. The number of benzene rings is 3. The topological polar surface area (TPSA) is 110 Å². The molecule has 214 valence electrons. The van der Waals surface area contributed by atoms with Gasteiger partial charge in [0.1, 0.15) is 12.4 Å². The van der Waals surface area contributed by atoms with E-state index in [4.69, 9.17) is 11.6 Å². The molecule has 0 saturated heterocycles. The lowest BCUT2D eigenvalue weighted by molar-refractivity contribution is -0.135. The normalized spacial score (nSPS) is 14.6. The summed E-state index contributed by atoms with van der Waals surface area (Å²) in [5.74, 6) is -1.49. The fourth-order valence-electron chi connectivity index (χ4n) is 5.19. The molecule has 11 heteroatoms. The molecule has 1 atom stereocenters. The molecule has 0 bridgehead atoms. The van der Waals surface area contributed by atoms with Crippen molar-refractivity contribution in [3.8, 4) is 16.8 Å². The quantitative estimate of drug-likeness (QED) is 0.291. The Morgan fingerprint density at radius 2 is 1.90 bits per heavy atom. The number of carbonyl (C=O) groups is 3. The fourth-order valence-corrected chi connectivity index (χ4v) is 5.36. The second-order valence-corrected chi connectivity index (χ2v) is 10.3. The van der Waals surface area contributed by atoms with Gasteiger partial charge in [0, 0.05) is 30.3 Å². The van der Waals surface area contributed by atoms with Crippen molar-refractivity contribution in [3.63, 3.8) is 0 Å². The van der Waals surface area contributed by atoms with Gasteiger partial charge in [0.05, 0.1) is 10.7 Å². The summed E-state index contributed by atoms with van der Waals surface area (Å²) in [6.07, 6.45) is 5.22. The third-order valence-corrected chi connectivity index (χ3v) is 7.47. The van der Waals surface area contributed by atoms with Crippen molar-refractivity contribution in [1.82, 2.24) is 30.4 Å². The first-order chi connectivity index (χ1) is 20.3. The van der Waals surface area contributed by atoms with Gasteiger partial charge in [-0.15, -0.1) is 5.10 Å². The van der Waals surface area contributed by atoms with Crippen LogP contribution in [0.2, 0.25) is 5.02 Å². The Balaban J connectivity index is 1.44. The van der Waals surface area contributed by atoms with Gasteiger partial charge >= 0.3 is 0 Å². The maximum atomic E-state index is 15.0. The maximum absolute atomic E-state index is 15.0. The van der Waals surface area contributed by atoms with Gasteiger partial charge in [-0.05, 0) is 82.8 Å². The predicted octanol–water partition coefficient (Wildman–Crippen LogP) is 4.99. The number of hydrogen-bond donors (Lipinski definition) is 1. The number of rotatable bonds is 8. The summed E-state index contributed by atoms with van der Waals surface area (Å²) in [7, 11) is 0. The van der Waals surface area contributed by atoms with Gasteiger partial charge in [-0.1, -0.05) is 48.9 Å². The van der Waals surface area contributed by atoms with Crippen LogP contribution in [0.5, 0.6) is 0 Å². The number of nitrogens with one attached hydrogen (secondary N) is 1. The third kappa shape index (κ3) is 5.71. The van der Waals surface area contributed by atoms with Crippen LogP contribution in [0.15, 0.2) is 67.0 Å². The van der Waals surface area contributed by atoms with E-state index in [1.165, 1.54) is 41.1 Å². The average molecular weight is 587 g/mol. The molecule has 0 saturated carbocycles. The van der Waals surface area contributed by atoms with Gasteiger partial charge in [0.15, 0.2) is 11.6 Å². The molecule has 2 amide bonds. The van der Waals surface area contributed by atoms with Crippen molar-refractivity contribution in [2.45, 2.75) is 32.7 Å². The highest BCUT2D eigenvalue weighted by atomic mass is 35.5. The molecular formula is C31H28ClFN6O3. The molecule has 5 rings (SSSR count). The zero-order valence-electron chi connectivity index (χ0n) is 23.1. The van der Waals surface area contributed by atoms with E-state index in [2.05, 4.69) is 20.8 Å². The highest BCUT2D eigenvalue weighted by Crippen LogP contribution is 2.37. The van der Waals surface area contributed by atoms with Crippen LogP contribution < -0.4 is 5.32 Å². The minimum absolute atomic E-state index is 0.0362. The average Bonchev–Trinajstić information content (AvgIpc) is 3.54. The first-order valence-electron chi connectivity index (χ1n) is 13.5. The van der Waals surface area contributed by atoms with E-state index >= 15 is 4.39 Å². The minimum Gasteiger partial charge on any atom is -0.352 e. The SMILES string of the molecule is CCCNC(=O)c1ccc(-c2cccc3c2CCN(C(=O)/C=C/c2c(-n4cnnn4)ccc(Cl)c2F)C3C(C)=O)cc1. The number of Topliss-reactive ketones (excluding diaryl/α,β-unsaturated/α-hetero) is 1. The van der Waals surface area contributed by atoms with E-state index in [0.717, 1.165) is 28.7 Å². The second kappa shape index (κ2) is 12.4. The van der Waals surface area contributed by atoms with Crippen LogP contribution in [-0.2, 0) is 16.0 Å². The first-order valence-corrected chi connectivity index (χ1v) is 13.9. The lowest BCUT2D eigenvalue weighted by Gasteiger charge is -2.36. The molecule has 2 heterocycles. The van der Waals surface area contributed by atoms with Crippen LogP contribution in [0.4, 0.5) is 4.39 Å². The molecule has 4 aromatic rings. The molecule has 1 unspecified atom stereocenters. The molecule has 0 radical (unpaired) electrons. The molecule has 1 aromatic heterocycles. The lowest BCUT2D eigenvalue weighted by Crippen LogP contribution is -2.42. The van der Waals surface area contributed by atoms with Crippen LogP contribution in [-0.4, -0.2) is 55.8 Å². The van der Waals surface area contributed by atoms with E-state index in [9.17, 15) is 14.4 Å². The Labute approximate surface area is 247 Å². The first kappa shape index (κ1) is 28.8. The highest BCUT2D eigenvalue weighted by Gasteiger charge is 2.34. The van der Waals surface area contributed by atoms with E-state index in [1.54, 1.807) is 18.2 Å². The van der Waals surface area contributed by atoms with Crippen molar-refractivity contribution in [1.29, 1.82) is 0 Å². The van der Waals surface area contributed by atoms with Crippen LogP contribution >= 0.6 is 11.6 Å². The number of ketones is 1. The largest absolute Gasteiger partial charge is 0.352 e. The molecule has 0 aliphatic carbocycles. The lowest BCUT2D eigenvalue weighted by atomic mass is 9.85. The van der Waals surface area contributed by atoms with Crippen LogP contribution in [0.1, 0.15) is 53.4 Å². The van der Waals surface area contributed by atoms with E-state index in [0.29, 0.717) is 24.2 Å². The van der Waals surface area contributed by atoms with Crippen LogP contribution in [0.3, 0.4) is 0 Å². The number of nitrogens with zero attached hydrogens (tertiary/aromatic N) is 5. The molecule has 0 spiro atoms. The summed E-state index contributed by atoms with van der Waals surface area (Å²) in [4.78, 5) is 40.2. The van der Waals surface area contributed by atoms with E-state index < -0.39 is 17.8 Å². The Hall–Kier alpha value is -4.70. The molecule has 0 fully saturated rings. The number of carbonyl (C=O) groups excluding carboxylic acids is 3. The van der Waals surface area contributed by atoms with Gasteiger partial charge in [-0.3, -0.25) is 14.4 Å². The van der Waals surface area contributed by atoms with E-state index in [1.807, 2.05) is 37.3 Å². The Morgan fingerprint density at radius 3 is 2.60 bits per heavy atom. The van der Waals surface area contributed by atoms with Gasteiger partial charge in [0.25, 0.3) is 5.91 Å². The Kier molecular flexibility index (Phi) is 8.53. The van der Waals surface area contributed by atoms with Gasteiger partial charge in [-0.25, -0.2) is 4.39 Å².